The van der Waals surface area contributed by atoms with Gasteiger partial charge >= 0.3 is 0 Å². The van der Waals surface area contributed by atoms with E-state index in [0.29, 0.717) is 13.2 Å². The van der Waals surface area contributed by atoms with Gasteiger partial charge in [-0.05, 0) is 33.7 Å². The first kappa shape index (κ1) is 16.6. The molecule has 5 heteroatoms. The highest BCUT2D eigenvalue weighted by atomic mass is 32.1. The molecule has 0 aliphatic heterocycles. The Balaban J connectivity index is 2.67. The topological polar surface area (TPSA) is 43.4 Å². The van der Waals surface area contributed by atoms with Crippen LogP contribution in [0.5, 0.6) is 0 Å². The Kier molecular flexibility index (Phi) is 8.21. The van der Waals surface area contributed by atoms with E-state index in [1.54, 1.807) is 11.3 Å². The van der Waals surface area contributed by atoms with E-state index < -0.39 is 0 Å². The molecule has 1 rings (SSSR count). The maximum Gasteiger partial charge on any atom is 0.173 e. The Hall–Kier alpha value is -0.490. The van der Waals surface area contributed by atoms with Crippen LogP contribution >= 0.6 is 11.3 Å². The highest BCUT2D eigenvalue weighted by Gasteiger charge is 2.23. The molecule has 1 atom stereocenters. The largest absolute Gasteiger partial charge is 0.351 e. The lowest BCUT2D eigenvalue weighted by Gasteiger charge is -2.27. The van der Waals surface area contributed by atoms with Crippen molar-refractivity contribution in [3.63, 3.8) is 0 Å². The van der Waals surface area contributed by atoms with Gasteiger partial charge in [0.1, 0.15) is 0 Å². The molecule has 1 aromatic rings. The van der Waals surface area contributed by atoms with Gasteiger partial charge in [0.15, 0.2) is 6.29 Å². The third-order valence-corrected chi connectivity index (χ3v) is 3.70. The molecule has 0 radical (unpaired) electrons. The van der Waals surface area contributed by atoms with Crippen LogP contribution in [0.15, 0.2) is 5.38 Å². The van der Waals surface area contributed by atoms with E-state index in [4.69, 9.17) is 9.47 Å². The molecule has 1 heterocycles. The summed E-state index contributed by atoms with van der Waals surface area (Å²) in [5.74, 6) is 0. The summed E-state index contributed by atoms with van der Waals surface area (Å²) in [7, 11) is 0. The molecule has 110 valence electrons. The summed E-state index contributed by atoms with van der Waals surface area (Å²) in [5.41, 5.74) is 1.08. The molecule has 4 nitrogen and oxygen atoms in total. The van der Waals surface area contributed by atoms with Crippen LogP contribution in [-0.2, 0) is 15.9 Å². The minimum absolute atomic E-state index is 0.158. The first-order valence-corrected chi connectivity index (χ1v) is 7.96. The minimum atomic E-state index is -0.203. The smallest absolute Gasteiger partial charge is 0.173 e. The maximum atomic E-state index is 5.71. The lowest BCUT2D eigenvalue weighted by molar-refractivity contribution is -0.153. The van der Waals surface area contributed by atoms with Crippen LogP contribution in [0.1, 0.15) is 37.9 Å². The second-order valence-electron chi connectivity index (χ2n) is 4.43. The second-order valence-corrected chi connectivity index (χ2v) is 5.37. The van der Waals surface area contributed by atoms with Gasteiger partial charge in [-0.1, -0.05) is 6.92 Å². The molecule has 0 bridgehead atoms. The minimum Gasteiger partial charge on any atom is -0.351 e. The molecule has 0 aliphatic carbocycles. The Labute approximate surface area is 120 Å². The fraction of sp³-hybridized carbons (Fsp3) is 0.786. The van der Waals surface area contributed by atoms with Crippen molar-refractivity contribution in [1.29, 1.82) is 0 Å². The van der Waals surface area contributed by atoms with Crippen molar-refractivity contribution in [3.8, 4) is 0 Å². The third-order valence-electron chi connectivity index (χ3n) is 2.71. The van der Waals surface area contributed by atoms with Gasteiger partial charge in [-0.2, -0.15) is 0 Å². The SMILES string of the molecule is CCCNC(Cc1nc(C)cs1)C(OCC)OCC. The number of hydrogen-bond donors (Lipinski definition) is 1. The standard InChI is InChI=1S/C14H26N2O2S/c1-5-8-15-12(14(17-6-2)18-7-3)9-13-16-11(4)10-19-13/h10,12,14-15H,5-9H2,1-4H3. The van der Waals surface area contributed by atoms with Gasteiger partial charge in [0, 0.05) is 30.7 Å². The predicted molar refractivity (Wildman–Crippen MR) is 79.7 cm³/mol. The lowest BCUT2D eigenvalue weighted by Crippen LogP contribution is -2.45. The van der Waals surface area contributed by atoms with E-state index in [1.165, 1.54) is 0 Å². The van der Waals surface area contributed by atoms with Crippen LogP contribution in [0.2, 0.25) is 0 Å². The van der Waals surface area contributed by atoms with Crippen LogP contribution in [0, 0.1) is 6.92 Å². The Morgan fingerprint density at radius 2 is 1.95 bits per heavy atom. The fourth-order valence-corrected chi connectivity index (χ4v) is 2.72. The van der Waals surface area contributed by atoms with E-state index in [1.807, 2.05) is 20.8 Å². The van der Waals surface area contributed by atoms with E-state index >= 15 is 0 Å². The van der Waals surface area contributed by atoms with E-state index in [9.17, 15) is 0 Å². The second kappa shape index (κ2) is 9.42. The Morgan fingerprint density at radius 1 is 1.26 bits per heavy atom. The molecule has 19 heavy (non-hydrogen) atoms. The average Bonchev–Trinajstić information content (AvgIpc) is 2.80. The molecule has 1 aromatic heterocycles. The number of aromatic nitrogens is 1. The van der Waals surface area contributed by atoms with Gasteiger partial charge in [-0.25, -0.2) is 4.98 Å². The van der Waals surface area contributed by atoms with Crippen molar-refractivity contribution in [1.82, 2.24) is 10.3 Å². The highest BCUT2D eigenvalue weighted by Crippen LogP contribution is 2.14. The van der Waals surface area contributed by atoms with Crippen LogP contribution in [0.25, 0.3) is 0 Å². The normalized spacial score (nSPS) is 13.1. The van der Waals surface area contributed by atoms with Crippen LogP contribution in [0.4, 0.5) is 0 Å². The van der Waals surface area contributed by atoms with Crippen molar-refractivity contribution >= 4 is 11.3 Å². The number of thiazole rings is 1. The van der Waals surface area contributed by atoms with Crippen LogP contribution in [0.3, 0.4) is 0 Å². The van der Waals surface area contributed by atoms with E-state index in [2.05, 4.69) is 22.6 Å². The van der Waals surface area contributed by atoms with Gasteiger partial charge in [0.2, 0.25) is 0 Å². The monoisotopic (exact) mass is 286 g/mol. The van der Waals surface area contributed by atoms with E-state index in [-0.39, 0.29) is 12.3 Å². The molecule has 0 spiro atoms. The molecule has 0 saturated heterocycles. The number of hydrogen-bond acceptors (Lipinski definition) is 5. The molecule has 0 amide bonds. The van der Waals surface area contributed by atoms with Crippen molar-refractivity contribution in [3.05, 3.63) is 16.1 Å². The number of aryl methyl sites for hydroxylation is 1. The first-order chi connectivity index (χ1) is 9.21. The number of rotatable bonds is 10. The summed E-state index contributed by atoms with van der Waals surface area (Å²) < 4.78 is 11.4. The summed E-state index contributed by atoms with van der Waals surface area (Å²) >= 11 is 1.70. The molecule has 0 fully saturated rings. The van der Waals surface area contributed by atoms with Gasteiger partial charge in [0.05, 0.1) is 11.0 Å². The maximum absolute atomic E-state index is 5.71. The summed E-state index contributed by atoms with van der Waals surface area (Å²) in [6.45, 7) is 10.5. The molecular weight excluding hydrogens is 260 g/mol. The molecule has 1 N–H and O–H groups in total. The highest BCUT2D eigenvalue weighted by molar-refractivity contribution is 7.09. The predicted octanol–water partition coefficient (Wildman–Crippen LogP) is 2.76. The van der Waals surface area contributed by atoms with Crippen molar-refractivity contribution in [2.45, 2.75) is 52.9 Å². The zero-order valence-electron chi connectivity index (χ0n) is 12.4. The van der Waals surface area contributed by atoms with Gasteiger partial charge < -0.3 is 14.8 Å². The van der Waals surface area contributed by atoms with E-state index in [0.717, 1.165) is 30.1 Å². The molecule has 1 unspecified atom stereocenters. The van der Waals surface area contributed by atoms with Crippen molar-refractivity contribution < 1.29 is 9.47 Å². The molecular formula is C14H26N2O2S. The Morgan fingerprint density at radius 3 is 2.42 bits per heavy atom. The van der Waals surface area contributed by atoms with Gasteiger partial charge in [-0.3, -0.25) is 0 Å². The fourth-order valence-electron chi connectivity index (χ4n) is 1.89. The summed E-state index contributed by atoms with van der Waals surface area (Å²) in [6, 6.07) is 0.158. The van der Waals surface area contributed by atoms with Crippen LogP contribution < -0.4 is 5.32 Å². The Bertz CT molecular complexity index is 338. The number of nitrogens with one attached hydrogen (secondary N) is 1. The van der Waals surface area contributed by atoms with Crippen molar-refractivity contribution in [2.75, 3.05) is 19.8 Å². The average molecular weight is 286 g/mol. The summed E-state index contributed by atoms with van der Waals surface area (Å²) in [5, 5.41) is 6.73. The quantitative estimate of drug-likeness (QED) is 0.672. The van der Waals surface area contributed by atoms with Crippen molar-refractivity contribution in [2.24, 2.45) is 0 Å². The molecule has 0 aliphatic rings. The summed E-state index contributed by atoms with van der Waals surface area (Å²) in [4.78, 5) is 4.53. The number of ether oxygens (including phenoxy) is 2. The first-order valence-electron chi connectivity index (χ1n) is 7.08. The van der Waals surface area contributed by atoms with Gasteiger partial charge in [-0.15, -0.1) is 11.3 Å². The summed E-state index contributed by atoms with van der Waals surface area (Å²) in [6.07, 6.45) is 1.74. The zero-order chi connectivity index (χ0) is 14.1. The van der Waals surface area contributed by atoms with Gasteiger partial charge in [0.25, 0.3) is 0 Å². The third kappa shape index (κ3) is 5.99. The lowest BCUT2D eigenvalue weighted by atomic mass is 10.2. The zero-order valence-corrected chi connectivity index (χ0v) is 13.3. The van der Waals surface area contributed by atoms with Crippen LogP contribution in [-0.4, -0.2) is 37.1 Å². The molecule has 0 saturated carbocycles. The molecule has 0 aromatic carbocycles. The number of nitrogens with zero attached hydrogens (tertiary/aromatic N) is 1.